The zero-order valence-corrected chi connectivity index (χ0v) is 21.5. The van der Waals surface area contributed by atoms with E-state index in [0.717, 1.165) is 37.0 Å². The van der Waals surface area contributed by atoms with E-state index in [1.165, 1.54) is 19.3 Å². The van der Waals surface area contributed by atoms with Crippen LogP contribution in [0.1, 0.15) is 69.6 Å². The van der Waals surface area contributed by atoms with Gasteiger partial charge in [0.05, 0.1) is 27.0 Å². The van der Waals surface area contributed by atoms with E-state index in [1.54, 1.807) is 25.4 Å². The monoisotopic (exact) mass is 484 g/mol. The third-order valence-corrected chi connectivity index (χ3v) is 6.51. The Morgan fingerprint density at radius 1 is 1.00 bits per heavy atom. The molecule has 1 aromatic carbocycles. The number of carbonyl (C=O) groups excluding carboxylic acids is 2. The molecule has 0 saturated heterocycles. The van der Waals surface area contributed by atoms with Crippen LogP contribution in [-0.2, 0) is 22.6 Å². The lowest BCUT2D eigenvalue weighted by atomic mass is 10.1. The first-order chi connectivity index (χ1) is 17.0. The van der Waals surface area contributed by atoms with Gasteiger partial charge in [-0.05, 0) is 55.5 Å². The zero-order chi connectivity index (χ0) is 25.0. The quantitative estimate of drug-likeness (QED) is 0.306. The molecule has 0 radical (unpaired) electrons. The van der Waals surface area contributed by atoms with Crippen LogP contribution in [-0.4, -0.2) is 55.0 Å². The predicted octanol–water partition coefficient (Wildman–Crippen LogP) is 5.22. The molecule has 0 bridgehead atoms. The highest BCUT2D eigenvalue weighted by atomic mass is 16.5. The third kappa shape index (κ3) is 8.34. The molecular formula is C28H40N2O5. The van der Waals surface area contributed by atoms with Gasteiger partial charge in [0.2, 0.25) is 11.8 Å². The van der Waals surface area contributed by atoms with E-state index in [2.05, 4.69) is 6.92 Å². The molecule has 0 N–H and O–H groups in total. The van der Waals surface area contributed by atoms with E-state index < -0.39 is 0 Å². The van der Waals surface area contributed by atoms with Gasteiger partial charge < -0.3 is 23.7 Å². The fourth-order valence-electron chi connectivity index (χ4n) is 4.26. The molecular weight excluding hydrogens is 444 g/mol. The zero-order valence-electron chi connectivity index (χ0n) is 21.5. The number of nitrogens with zero attached hydrogens (tertiary/aromatic N) is 2. The second-order valence-electron chi connectivity index (χ2n) is 9.25. The third-order valence-electron chi connectivity index (χ3n) is 6.51. The highest BCUT2D eigenvalue weighted by Crippen LogP contribution is 2.29. The lowest BCUT2D eigenvalue weighted by molar-refractivity contribution is -0.141. The van der Waals surface area contributed by atoms with Crippen molar-refractivity contribution in [2.45, 2.75) is 77.3 Å². The van der Waals surface area contributed by atoms with Crippen molar-refractivity contribution < 1.29 is 23.5 Å². The molecule has 1 saturated carbocycles. The van der Waals surface area contributed by atoms with E-state index in [4.69, 9.17) is 13.9 Å². The summed E-state index contributed by atoms with van der Waals surface area (Å²) in [6.45, 7) is 3.21. The molecule has 1 aliphatic carbocycles. The van der Waals surface area contributed by atoms with Crippen LogP contribution in [0.4, 0.5) is 0 Å². The first-order valence-corrected chi connectivity index (χ1v) is 12.9. The van der Waals surface area contributed by atoms with Crippen molar-refractivity contribution in [3.05, 3.63) is 47.9 Å². The van der Waals surface area contributed by atoms with Crippen LogP contribution in [0.15, 0.2) is 41.0 Å². The van der Waals surface area contributed by atoms with Gasteiger partial charge in [-0.2, -0.15) is 0 Å². The summed E-state index contributed by atoms with van der Waals surface area (Å²) in [6.07, 6.45) is 10.3. The van der Waals surface area contributed by atoms with Gasteiger partial charge in [0.15, 0.2) is 11.5 Å². The average molecular weight is 485 g/mol. The summed E-state index contributed by atoms with van der Waals surface area (Å²) in [5, 5.41) is 0. The Labute approximate surface area is 209 Å². The van der Waals surface area contributed by atoms with Crippen LogP contribution < -0.4 is 9.47 Å². The molecule has 0 unspecified atom stereocenters. The second-order valence-corrected chi connectivity index (χ2v) is 9.25. The summed E-state index contributed by atoms with van der Waals surface area (Å²) in [4.78, 5) is 30.0. The highest BCUT2D eigenvalue weighted by Gasteiger charge is 2.34. The minimum Gasteiger partial charge on any atom is -0.493 e. The number of hydrogen-bond acceptors (Lipinski definition) is 5. The van der Waals surface area contributed by atoms with Gasteiger partial charge in [-0.25, -0.2) is 0 Å². The Morgan fingerprint density at radius 2 is 1.77 bits per heavy atom. The van der Waals surface area contributed by atoms with E-state index in [0.29, 0.717) is 37.4 Å². The lowest BCUT2D eigenvalue weighted by Gasteiger charge is -2.27. The SMILES string of the molecule is CCCCCCCC(=O)N(CC(=O)N(CCc1ccc(OC)c(OC)c1)Cc1ccco1)C1CC1. The molecule has 3 rings (SSSR count). The number of ether oxygens (including phenoxy) is 2. The van der Waals surface area contributed by atoms with Gasteiger partial charge in [0.25, 0.3) is 0 Å². The average Bonchev–Trinajstić information content (AvgIpc) is 3.59. The summed E-state index contributed by atoms with van der Waals surface area (Å²) < 4.78 is 16.3. The second kappa shape index (κ2) is 13.8. The normalized spacial score (nSPS) is 12.9. The minimum atomic E-state index is -0.0480. The molecule has 0 spiro atoms. The van der Waals surface area contributed by atoms with Crippen LogP contribution in [0, 0.1) is 0 Å². The maximum Gasteiger partial charge on any atom is 0.242 e. The summed E-state index contributed by atoms with van der Waals surface area (Å²) in [5.41, 5.74) is 1.04. The molecule has 2 amide bonds. The van der Waals surface area contributed by atoms with Crippen LogP contribution >= 0.6 is 0 Å². The van der Waals surface area contributed by atoms with E-state index in [1.807, 2.05) is 35.2 Å². The predicted molar refractivity (Wildman–Crippen MR) is 135 cm³/mol. The van der Waals surface area contributed by atoms with Gasteiger partial charge in [-0.3, -0.25) is 9.59 Å². The largest absolute Gasteiger partial charge is 0.493 e. The van der Waals surface area contributed by atoms with Gasteiger partial charge in [-0.1, -0.05) is 38.7 Å². The summed E-state index contributed by atoms with van der Waals surface area (Å²) in [6, 6.07) is 9.70. The Hall–Kier alpha value is -2.96. The fraction of sp³-hybridized carbons (Fsp3) is 0.571. The van der Waals surface area contributed by atoms with Gasteiger partial charge in [0, 0.05) is 19.0 Å². The molecule has 0 atom stereocenters. The number of rotatable bonds is 16. The van der Waals surface area contributed by atoms with Gasteiger partial charge >= 0.3 is 0 Å². The molecule has 0 aliphatic heterocycles. The Morgan fingerprint density at radius 3 is 2.43 bits per heavy atom. The topological polar surface area (TPSA) is 72.2 Å². The first kappa shape index (κ1) is 26.6. The standard InChI is InChI=1S/C28H40N2O5/c1-4-5-6-7-8-11-27(31)30(23-13-14-23)21-28(32)29(20-24-10-9-18-35-24)17-16-22-12-15-25(33-2)26(19-22)34-3/h9-10,12,15,18-19,23H,4-8,11,13-14,16-17,20-21H2,1-3H3. The summed E-state index contributed by atoms with van der Waals surface area (Å²) in [5.74, 6) is 2.13. The van der Waals surface area contributed by atoms with Crippen molar-refractivity contribution in [3.8, 4) is 11.5 Å². The number of carbonyl (C=O) groups is 2. The number of benzene rings is 1. The number of amides is 2. The molecule has 1 fully saturated rings. The molecule has 2 aromatic rings. The minimum absolute atomic E-state index is 0.0480. The van der Waals surface area contributed by atoms with Crippen molar-refractivity contribution in [3.63, 3.8) is 0 Å². The van der Waals surface area contributed by atoms with Crippen LogP contribution in [0.3, 0.4) is 0 Å². The van der Waals surface area contributed by atoms with Gasteiger partial charge in [0.1, 0.15) is 12.3 Å². The van der Waals surface area contributed by atoms with Crippen LogP contribution in [0.25, 0.3) is 0 Å². The van der Waals surface area contributed by atoms with Crippen molar-refractivity contribution >= 4 is 11.8 Å². The van der Waals surface area contributed by atoms with E-state index >= 15 is 0 Å². The van der Waals surface area contributed by atoms with E-state index in [-0.39, 0.29) is 24.4 Å². The molecule has 7 nitrogen and oxygen atoms in total. The molecule has 192 valence electrons. The number of furan rings is 1. The summed E-state index contributed by atoms with van der Waals surface area (Å²) >= 11 is 0. The molecule has 1 heterocycles. The smallest absolute Gasteiger partial charge is 0.242 e. The fourth-order valence-corrected chi connectivity index (χ4v) is 4.26. The number of methoxy groups -OCH3 is 2. The molecule has 1 aliphatic rings. The Kier molecular flexibility index (Phi) is 10.5. The maximum absolute atomic E-state index is 13.4. The van der Waals surface area contributed by atoms with Crippen molar-refractivity contribution in [2.24, 2.45) is 0 Å². The Balaban J connectivity index is 1.63. The number of unbranched alkanes of at least 4 members (excludes halogenated alkanes) is 4. The van der Waals surface area contributed by atoms with Crippen molar-refractivity contribution in [1.29, 1.82) is 0 Å². The molecule has 7 heteroatoms. The Bertz CT molecular complexity index is 923. The van der Waals surface area contributed by atoms with Crippen LogP contribution in [0.2, 0.25) is 0 Å². The van der Waals surface area contributed by atoms with E-state index in [9.17, 15) is 9.59 Å². The lowest BCUT2D eigenvalue weighted by Crippen LogP contribution is -2.44. The number of hydrogen-bond donors (Lipinski definition) is 0. The van der Waals surface area contributed by atoms with Crippen molar-refractivity contribution in [1.82, 2.24) is 9.80 Å². The maximum atomic E-state index is 13.4. The van der Waals surface area contributed by atoms with Crippen LogP contribution in [0.5, 0.6) is 11.5 Å². The molecule has 1 aromatic heterocycles. The first-order valence-electron chi connectivity index (χ1n) is 12.9. The van der Waals surface area contributed by atoms with Crippen molar-refractivity contribution in [2.75, 3.05) is 27.3 Å². The molecule has 35 heavy (non-hydrogen) atoms. The highest BCUT2D eigenvalue weighted by molar-refractivity contribution is 5.85. The van der Waals surface area contributed by atoms with Gasteiger partial charge in [-0.15, -0.1) is 0 Å². The summed E-state index contributed by atoms with van der Waals surface area (Å²) in [7, 11) is 3.22.